The van der Waals surface area contributed by atoms with Crippen LogP contribution in [0.15, 0.2) is 0 Å². The summed E-state index contributed by atoms with van der Waals surface area (Å²) < 4.78 is 0. The van der Waals surface area contributed by atoms with E-state index in [1.807, 2.05) is 0 Å². The van der Waals surface area contributed by atoms with Crippen molar-refractivity contribution in [2.45, 2.75) is 91.9 Å². The van der Waals surface area contributed by atoms with Crippen LogP contribution in [0, 0.1) is 34.5 Å². The van der Waals surface area contributed by atoms with Crippen LogP contribution < -0.4 is 0 Å². The summed E-state index contributed by atoms with van der Waals surface area (Å²) in [6.07, 6.45) is 11.8. The molecule has 0 spiro atoms. The van der Waals surface area contributed by atoms with Crippen molar-refractivity contribution in [2.24, 2.45) is 10.8 Å². The Balaban J connectivity index is 2.57. The van der Waals surface area contributed by atoms with Gasteiger partial charge in [0.1, 0.15) is 0 Å². The van der Waals surface area contributed by atoms with Crippen molar-refractivity contribution in [3.63, 3.8) is 0 Å². The zero-order valence-electron chi connectivity index (χ0n) is 14.1. The largest absolute Gasteiger partial charge is 0.103 e. The molecule has 0 unspecified atom stereocenters. The molecule has 1 rings (SSSR count). The molecule has 0 heterocycles. The molecule has 0 aromatic rings. The quantitative estimate of drug-likeness (QED) is 0.477. The van der Waals surface area contributed by atoms with Gasteiger partial charge in [-0.2, -0.15) is 0 Å². The Hall–Kier alpha value is -0.880. The van der Waals surface area contributed by atoms with E-state index in [1.165, 1.54) is 38.5 Å². The predicted octanol–water partition coefficient (Wildman–Crippen LogP) is 5.96. The van der Waals surface area contributed by atoms with Crippen LogP contribution in [0.2, 0.25) is 0 Å². The summed E-state index contributed by atoms with van der Waals surface area (Å²) in [5.74, 6) is 13.1. The highest BCUT2D eigenvalue weighted by Crippen LogP contribution is 2.36. The van der Waals surface area contributed by atoms with Crippen LogP contribution in [-0.2, 0) is 0 Å². The SMILES string of the molecule is CC1(C)CCCC#CCCC#CCCCC(C)(C)CC1. The summed E-state index contributed by atoms with van der Waals surface area (Å²) in [4.78, 5) is 0. The minimum absolute atomic E-state index is 0.468. The van der Waals surface area contributed by atoms with E-state index in [9.17, 15) is 0 Å². The maximum Gasteiger partial charge on any atom is 0.0198 e. The van der Waals surface area contributed by atoms with Crippen LogP contribution >= 0.6 is 0 Å². The second-order valence-electron chi connectivity index (χ2n) is 7.74. The third-order valence-corrected chi connectivity index (χ3v) is 4.41. The highest BCUT2D eigenvalue weighted by Gasteiger charge is 2.23. The molecule has 0 N–H and O–H groups in total. The Morgan fingerprint density at radius 2 is 0.850 bits per heavy atom. The van der Waals surface area contributed by atoms with Crippen LogP contribution in [0.5, 0.6) is 0 Å². The summed E-state index contributed by atoms with van der Waals surface area (Å²) in [7, 11) is 0. The standard InChI is InChI=1S/C20H32/c1-19(2)15-13-11-9-7-5-6-8-10-12-14-16-20(3,4)18-17-19/h5-6,11-18H2,1-4H3. The van der Waals surface area contributed by atoms with E-state index in [4.69, 9.17) is 0 Å². The van der Waals surface area contributed by atoms with Crippen LogP contribution in [0.3, 0.4) is 0 Å². The minimum atomic E-state index is 0.468. The molecule has 0 bridgehead atoms. The topological polar surface area (TPSA) is 0 Å². The first-order valence-corrected chi connectivity index (χ1v) is 8.33. The minimum Gasteiger partial charge on any atom is -0.103 e. The van der Waals surface area contributed by atoms with E-state index in [-0.39, 0.29) is 0 Å². The Labute approximate surface area is 127 Å². The Morgan fingerprint density at radius 1 is 0.500 bits per heavy atom. The van der Waals surface area contributed by atoms with Crippen molar-refractivity contribution < 1.29 is 0 Å². The van der Waals surface area contributed by atoms with Crippen molar-refractivity contribution in [1.29, 1.82) is 0 Å². The van der Waals surface area contributed by atoms with Gasteiger partial charge in [-0.25, -0.2) is 0 Å². The number of hydrogen-bond donors (Lipinski definition) is 0. The van der Waals surface area contributed by atoms with Gasteiger partial charge in [-0.1, -0.05) is 27.7 Å². The lowest BCUT2D eigenvalue weighted by molar-refractivity contribution is 0.212. The van der Waals surface area contributed by atoms with Gasteiger partial charge in [0.15, 0.2) is 0 Å². The lowest BCUT2D eigenvalue weighted by Gasteiger charge is -2.31. The second kappa shape index (κ2) is 8.42. The number of rotatable bonds is 0. The molecular weight excluding hydrogens is 240 g/mol. The van der Waals surface area contributed by atoms with E-state index >= 15 is 0 Å². The summed E-state index contributed by atoms with van der Waals surface area (Å²) in [6, 6.07) is 0. The molecular formula is C20H32. The lowest BCUT2D eigenvalue weighted by Crippen LogP contribution is -2.18. The smallest absolute Gasteiger partial charge is 0.0198 e. The highest BCUT2D eigenvalue weighted by molar-refractivity contribution is 5.05. The van der Waals surface area contributed by atoms with Gasteiger partial charge in [-0.05, 0) is 49.4 Å². The maximum absolute atomic E-state index is 3.30. The molecule has 0 nitrogen and oxygen atoms in total. The molecule has 1 aliphatic carbocycles. The van der Waals surface area contributed by atoms with Gasteiger partial charge < -0.3 is 0 Å². The van der Waals surface area contributed by atoms with Crippen molar-refractivity contribution in [1.82, 2.24) is 0 Å². The predicted molar refractivity (Wildman–Crippen MR) is 89.3 cm³/mol. The number of hydrogen-bond acceptors (Lipinski definition) is 0. The summed E-state index contributed by atoms with van der Waals surface area (Å²) in [5.41, 5.74) is 0.936. The van der Waals surface area contributed by atoms with E-state index in [2.05, 4.69) is 51.4 Å². The van der Waals surface area contributed by atoms with E-state index in [0.29, 0.717) is 10.8 Å². The van der Waals surface area contributed by atoms with Gasteiger partial charge in [-0.15, -0.1) is 23.7 Å². The van der Waals surface area contributed by atoms with Crippen LogP contribution in [-0.4, -0.2) is 0 Å². The van der Waals surface area contributed by atoms with Crippen LogP contribution in [0.4, 0.5) is 0 Å². The van der Waals surface area contributed by atoms with Gasteiger partial charge >= 0.3 is 0 Å². The Bertz CT molecular complexity index is 349. The van der Waals surface area contributed by atoms with Gasteiger partial charge in [0.05, 0.1) is 0 Å². The third-order valence-electron chi connectivity index (χ3n) is 4.41. The molecule has 1 aliphatic rings. The molecule has 0 fully saturated rings. The molecule has 0 atom stereocenters. The normalized spacial score (nSPS) is 23.8. The molecule has 0 saturated carbocycles. The summed E-state index contributed by atoms with van der Waals surface area (Å²) >= 11 is 0. The zero-order valence-corrected chi connectivity index (χ0v) is 14.1. The molecule has 0 amide bonds. The monoisotopic (exact) mass is 272 g/mol. The molecule has 112 valence electrons. The molecule has 0 aromatic heterocycles. The molecule has 0 aromatic carbocycles. The fraction of sp³-hybridized carbons (Fsp3) is 0.800. The van der Waals surface area contributed by atoms with Crippen LogP contribution in [0.25, 0.3) is 0 Å². The molecule has 0 aliphatic heterocycles. The average Bonchev–Trinajstić information content (AvgIpc) is 2.37. The first-order chi connectivity index (χ1) is 9.41. The van der Waals surface area contributed by atoms with Gasteiger partial charge in [0.25, 0.3) is 0 Å². The van der Waals surface area contributed by atoms with Crippen molar-refractivity contribution in [3.8, 4) is 23.7 Å². The summed E-state index contributed by atoms with van der Waals surface area (Å²) in [5, 5.41) is 0. The zero-order chi connectivity index (χ0) is 14.9. The fourth-order valence-corrected chi connectivity index (χ4v) is 2.72. The van der Waals surface area contributed by atoms with Gasteiger partial charge in [0.2, 0.25) is 0 Å². The van der Waals surface area contributed by atoms with Crippen LogP contribution in [0.1, 0.15) is 91.9 Å². The third kappa shape index (κ3) is 8.32. The van der Waals surface area contributed by atoms with Crippen molar-refractivity contribution in [3.05, 3.63) is 0 Å². The summed E-state index contributed by atoms with van der Waals surface area (Å²) in [6.45, 7) is 9.69. The van der Waals surface area contributed by atoms with Gasteiger partial charge in [0, 0.05) is 25.7 Å². The molecule has 0 heteroatoms. The first kappa shape index (κ1) is 17.2. The van der Waals surface area contributed by atoms with E-state index < -0.39 is 0 Å². The second-order valence-corrected chi connectivity index (χ2v) is 7.74. The van der Waals surface area contributed by atoms with Crippen molar-refractivity contribution >= 4 is 0 Å². The molecule has 0 saturated heterocycles. The average molecular weight is 272 g/mol. The van der Waals surface area contributed by atoms with Crippen molar-refractivity contribution in [2.75, 3.05) is 0 Å². The van der Waals surface area contributed by atoms with Gasteiger partial charge in [-0.3, -0.25) is 0 Å². The molecule has 0 radical (unpaired) electrons. The van der Waals surface area contributed by atoms with E-state index in [0.717, 1.165) is 25.7 Å². The Morgan fingerprint density at radius 3 is 1.25 bits per heavy atom. The Kier molecular flexibility index (Phi) is 7.23. The first-order valence-electron chi connectivity index (χ1n) is 8.33. The lowest BCUT2D eigenvalue weighted by atomic mass is 9.75. The highest BCUT2D eigenvalue weighted by atomic mass is 14.3. The van der Waals surface area contributed by atoms with E-state index in [1.54, 1.807) is 0 Å². The maximum atomic E-state index is 3.30. The fourth-order valence-electron chi connectivity index (χ4n) is 2.72. The molecule has 20 heavy (non-hydrogen) atoms.